The molecule has 0 saturated carbocycles. The minimum atomic E-state index is 0.152. The van der Waals surface area contributed by atoms with E-state index < -0.39 is 0 Å². The van der Waals surface area contributed by atoms with E-state index in [4.69, 9.17) is 0 Å². The lowest BCUT2D eigenvalue weighted by Gasteiger charge is -2.21. The molecule has 0 aromatic heterocycles. The molecule has 0 heterocycles. The minimum absolute atomic E-state index is 0.152. The third-order valence-electron chi connectivity index (χ3n) is 4.29. The van der Waals surface area contributed by atoms with E-state index in [0.29, 0.717) is 0 Å². The topological polar surface area (TPSA) is 20.3 Å². The van der Waals surface area contributed by atoms with E-state index in [1.807, 2.05) is 29.2 Å². The van der Waals surface area contributed by atoms with Crippen molar-refractivity contribution in [2.24, 2.45) is 0 Å². The highest BCUT2D eigenvalue weighted by atomic mass is 79.9. The Bertz CT molecular complexity index is 430. The summed E-state index contributed by atoms with van der Waals surface area (Å²) in [6.45, 7) is 5.98. The molecule has 0 bridgehead atoms. The molecule has 130 valence electrons. The van der Waals surface area contributed by atoms with Gasteiger partial charge in [-0.25, -0.2) is 0 Å². The third kappa shape index (κ3) is 8.55. The number of nitrogens with zero attached hydrogens (tertiary/aromatic N) is 1. The summed E-state index contributed by atoms with van der Waals surface area (Å²) >= 11 is 3.41. The van der Waals surface area contributed by atoms with Gasteiger partial charge in [0.1, 0.15) is 0 Å². The van der Waals surface area contributed by atoms with E-state index >= 15 is 0 Å². The van der Waals surface area contributed by atoms with Crippen LogP contribution in [0.5, 0.6) is 0 Å². The number of rotatable bonds is 12. The summed E-state index contributed by atoms with van der Waals surface area (Å²) in [5.41, 5.74) is 0.783. The zero-order chi connectivity index (χ0) is 16.9. The predicted molar refractivity (Wildman–Crippen MR) is 103 cm³/mol. The first-order valence-corrected chi connectivity index (χ1v) is 10.0. The molecular formula is C20H32BrNO. The molecule has 0 spiro atoms. The van der Waals surface area contributed by atoms with Gasteiger partial charge in [0.25, 0.3) is 5.91 Å². The lowest BCUT2D eigenvalue weighted by atomic mass is 10.1. The normalized spacial score (nSPS) is 10.7. The van der Waals surface area contributed by atoms with Crippen LogP contribution in [0.4, 0.5) is 0 Å². The van der Waals surface area contributed by atoms with Crippen LogP contribution in [0.3, 0.4) is 0 Å². The predicted octanol–water partition coefficient (Wildman–Crippen LogP) is 6.44. The highest BCUT2D eigenvalue weighted by molar-refractivity contribution is 9.10. The molecule has 0 aliphatic carbocycles. The summed E-state index contributed by atoms with van der Waals surface area (Å²) in [6.07, 6.45) is 11.8. The second-order valence-electron chi connectivity index (χ2n) is 6.22. The van der Waals surface area contributed by atoms with Gasteiger partial charge in [0, 0.05) is 23.1 Å². The Morgan fingerprint density at radius 2 is 1.39 bits per heavy atom. The van der Waals surface area contributed by atoms with Crippen molar-refractivity contribution in [1.82, 2.24) is 4.90 Å². The van der Waals surface area contributed by atoms with Crippen LogP contribution in [0.15, 0.2) is 28.7 Å². The quantitative estimate of drug-likeness (QED) is 0.381. The first kappa shape index (κ1) is 20.2. The second kappa shape index (κ2) is 12.6. The zero-order valence-corrected chi connectivity index (χ0v) is 16.4. The molecule has 1 amide bonds. The van der Waals surface area contributed by atoms with Crippen molar-refractivity contribution in [3.63, 3.8) is 0 Å². The fraction of sp³-hybridized carbons (Fsp3) is 0.650. The molecule has 0 atom stereocenters. The number of hydrogen-bond donors (Lipinski definition) is 0. The molecule has 0 radical (unpaired) electrons. The van der Waals surface area contributed by atoms with Crippen LogP contribution >= 0.6 is 15.9 Å². The molecular weight excluding hydrogens is 350 g/mol. The Kier molecular flexibility index (Phi) is 11.1. The summed E-state index contributed by atoms with van der Waals surface area (Å²) in [7, 11) is 0. The number of hydrogen-bond acceptors (Lipinski definition) is 1. The monoisotopic (exact) mass is 381 g/mol. The molecule has 23 heavy (non-hydrogen) atoms. The molecule has 1 rings (SSSR count). The van der Waals surface area contributed by atoms with Crippen LogP contribution in [-0.2, 0) is 0 Å². The van der Waals surface area contributed by atoms with Crippen LogP contribution < -0.4 is 0 Å². The maximum absolute atomic E-state index is 12.5. The van der Waals surface area contributed by atoms with Crippen molar-refractivity contribution in [2.45, 2.75) is 71.6 Å². The van der Waals surface area contributed by atoms with Gasteiger partial charge in [0.2, 0.25) is 0 Å². The number of unbranched alkanes of at least 4 members (excludes halogenated alkanes) is 8. The van der Waals surface area contributed by atoms with Crippen molar-refractivity contribution in [3.05, 3.63) is 34.3 Å². The van der Waals surface area contributed by atoms with Gasteiger partial charge in [-0.15, -0.1) is 0 Å². The maximum atomic E-state index is 12.5. The van der Waals surface area contributed by atoms with E-state index in [2.05, 4.69) is 29.8 Å². The Balaban J connectivity index is 2.18. The molecule has 0 N–H and O–H groups in total. The number of carbonyl (C=O) groups excluding carboxylic acids is 1. The van der Waals surface area contributed by atoms with Gasteiger partial charge in [-0.05, 0) is 37.6 Å². The van der Waals surface area contributed by atoms with Gasteiger partial charge >= 0.3 is 0 Å². The fourth-order valence-electron chi connectivity index (χ4n) is 2.79. The van der Waals surface area contributed by atoms with Crippen LogP contribution in [0, 0.1) is 0 Å². The largest absolute Gasteiger partial charge is 0.339 e. The van der Waals surface area contributed by atoms with E-state index in [1.165, 1.54) is 51.4 Å². The first-order chi connectivity index (χ1) is 11.2. The van der Waals surface area contributed by atoms with E-state index in [1.54, 1.807) is 0 Å². The molecule has 0 aliphatic rings. The van der Waals surface area contributed by atoms with Crippen LogP contribution in [0.25, 0.3) is 0 Å². The summed E-state index contributed by atoms with van der Waals surface area (Å²) in [5, 5.41) is 0. The average molecular weight is 382 g/mol. The molecule has 0 unspecified atom stereocenters. The van der Waals surface area contributed by atoms with Crippen LogP contribution in [-0.4, -0.2) is 23.9 Å². The van der Waals surface area contributed by atoms with Gasteiger partial charge in [-0.1, -0.05) is 74.2 Å². The molecule has 0 fully saturated rings. The minimum Gasteiger partial charge on any atom is -0.339 e. The summed E-state index contributed by atoms with van der Waals surface area (Å²) in [5.74, 6) is 0.152. The van der Waals surface area contributed by atoms with Crippen molar-refractivity contribution in [3.8, 4) is 0 Å². The van der Waals surface area contributed by atoms with E-state index in [-0.39, 0.29) is 5.91 Å². The molecule has 0 saturated heterocycles. The number of halogens is 1. The van der Waals surface area contributed by atoms with Crippen LogP contribution in [0.1, 0.15) is 82.0 Å². The Morgan fingerprint density at radius 1 is 0.870 bits per heavy atom. The van der Waals surface area contributed by atoms with E-state index in [9.17, 15) is 4.79 Å². The smallest absolute Gasteiger partial charge is 0.253 e. The van der Waals surface area contributed by atoms with E-state index in [0.717, 1.165) is 29.5 Å². The van der Waals surface area contributed by atoms with Gasteiger partial charge in [0.15, 0.2) is 0 Å². The summed E-state index contributed by atoms with van der Waals surface area (Å²) < 4.78 is 1.01. The molecule has 3 heteroatoms. The van der Waals surface area contributed by atoms with Crippen molar-refractivity contribution in [1.29, 1.82) is 0 Å². The lowest BCUT2D eigenvalue weighted by Crippen LogP contribution is -2.31. The summed E-state index contributed by atoms with van der Waals surface area (Å²) in [4.78, 5) is 14.4. The molecule has 0 aliphatic heterocycles. The first-order valence-electron chi connectivity index (χ1n) is 9.23. The van der Waals surface area contributed by atoms with Crippen molar-refractivity contribution in [2.75, 3.05) is 13.1 Å². The number of amides is 1. The van der Waals surface area contributed by atoms with Gasteiger partial charge < -0.3 is 4.90 Å². The SMILES string of the molecule is CCCCCCCCCCCN(CC)C(=O)c1ccc(Br)cc1. The Morgan fingerprint density at radius 3 is 1.91 bits per heavy atom. The van der Waals surface area contributed by atoms with Crippen molar-refractivity contribution >= 4 is 21.8 Å². The summed E-state index contributed by atoms with van der Waals surface area (Å²) in [6, 6.07) is 7.65. The maximum Gasteiger partial charge on any atom is 0.253 e. The van der Waals surface area contributed by atoms with Gasteiger partial charge in [0.05, 0.1) is 0 Å². The zero-order valence-electron chi connectivity index (χ0n) is 14.8. The van der Waals surface area contributed by atoms with Crippen molar-refractivity contribution < 1.29 is 4.79 Å². The molecule has 2 nitrogen and oxygen atoms in total. The number of carbonyl (C=O) groups is 1. The fourth-order valence-corrected chi connectivity index (χ4v) is 3.06. The third-order valence-corrected chi connectivity index (χ3v) is 4.82. The lowest BCUT2D eigenvalue weighted by molar-refractivity contribution is 0.0761. The molecule has 1 aromatic rings. The van der Waals surface area contributed by atoms with Crippen LogP contribution in [0.2, 0.25) is 0 Å². The van der Waals surface area contributed by atoms with Gasteiger partial charge in [-0.3, -0.25) is 4.79 Å². The number of benzene rings is 1. The standard InChI is InChI=1S/C20H32BrNO/c1-3-5-6-7-8-9-10-11-12-17-22(4-2)20(23)18-13-15-19(21)16-14-18/h13-16H,3-12,17H2,1-2H3. The average Bonchev–Trinajstić information content (AvgIpc) is 2.57. The second-order valence-corrected chi connectivity index (χ2v) is 7.14. The Hall–Kier alpha value is -0.830. The molecule has 1 aromatic carbocycles. The highest BCUT2D eigenvalue weighted by Gasteiger charge is 2.13. The van der Waals surface area contributed by atoms with Gasteiger partial charge in [-0.2, -0.15) is 0 Å². The highest BCUT2D eigenvalue weighted by Crippen LogP contribution is 2.14. The Labute approximate surface area is 150 Å².